The lowest BCUT2D eigenvalue weighted by molar-refractivity contribution is -0.131. The van der Waals surface area contributed by atoms with E-state index < -0.39 is 6.10 Å². The van der Waals surface area contributed by atoms with Gasteiger partial charge in [-0.2, -0.15) is 0 Å². The molecule has 5 nitrogen and oxygen atoms in total. The Kier molecular flexibility index (Phi) is 7.46. The number of ether oxygens (including phenoxy) is 2. The number of rotatable bonds is 8. The molecule has 0 aromatic heterocycles. The zero-order valence-electron chi connectivity index (χ0n) is 16.8. The van der Waals surface area contributed by atoms with Crippen LogP contribution in [-0.2, 0) is 16.1 Å². The molecule has 1 unspecified atom stereocenters. The zero-order valence-corrected chi connectivity index (χ0v) is 16.8. The summed E-state index contributed by atoms with van der Waals surface area (Å²) in [5.74, 6) is 1.35. The van der Waals surface area contributed by atoms with E-state index in [0.29, 0.717) is 12.5 Å². The summed E-state index contributed by atoms with van der Waals surface area (Å²) in [6, 6.07) is 17.9. The second-order valence-corrected chi connectivity index (χ2v) is 7.34. The third-order valence-electron chi connectivity index (χ3n) is 5.41. The highest BCUT2D eigenvalue weighted by Gasteiger charge is 2.23. The maximum atomic E-state index is 12.5. The first kappa shape index (κ1) is 20.4. The van der Waals surface area contributed by atoms with Crippen molar-refractivity contribution in [2.45, 2.75) is 25.5 Å². The average Bonchev–Trinajstić information content (AvgIpc) is 2.75. The fraction of sp³-hybridized carbons (Fsp3) is 0.435. The van der Waals surface area contributed by atoms with Crippen LogP contribution in [0.1, 0.15) is 30.1 Å². The molecule has 5 heteroatoms. The maximum Gasteiger partial charge on any atom is 0.253 e. The number of nitrogens with zero attached hydrogens (tertiary/aromatic N) is 1. The van der Waals surface area contributed by atoms with Crippen LogP contribution < -0.4 is 10.1 Å². The smallest absolute Gasteiger partial charge is 0.253 e. The van der Waals surface area contributed by atoms with Crippen LogP contribution in [0.2, 0.25) is 0 Å². The summed E-state index contributed by atoms with van der Waals surface area (Å²) in [5, 5.41) is 3.08. The number of hydrogen-bond donors (Lipinski definition) is 1. The van der Waals surface area contributed by atoms with Crippen LogP contribution in [0.5, 0.6) is 5.75 Å². The minimum atomic E-state index is -0.545. The zero-order chi connectivity index (χ0) is 19.8. The molecule has 0 saturated carbocycles. The molecule has 1 saturated heterocycles. The Bertz CT molecular complexity index is 725. The van der Waals surface area contributed by atoms with Gasteiger partial charge in [-0.05, 0) is 55.1 Å². The van der Waals surface area contributed by atoms with E-state index in [4.69, 9.17) is 9.47 Å². The van der Waals surface area contributed by atoms with Gasteiger partial charge in [-0.15, -0.1) is 0 Å². The van der Waals surface area contributed by atoms with Crippen LogP contribution in [0.15, 0.2) is 54.6 Å². The lowest BCUT2D eigenvalue weighted by Crippen LogP contribution is -2.39. The largest absolute Gasteiger partial charge is 0.497 e. The van der Waals surface area contributed by atoms with Crippen LogP contribution in [0.4, 0.5) is 0 Å². The summed E-state index contributed by atoms with van der Waals surface area (Å²) in [7, 11) is 3.27. The Morgan fingerprint density at radius 1 is 1.07 bits per heavy atom. The van der Waals surface area contributed by atoms with E-state index in [1.165, 1.54) is 5.56 Å². The number of carbonyl (C=O) groups is 1. The van der Waals surface area contributed by atoms with Crippen LogP contribution in [-0.4, -0.2) is 44.7 Å². The maximum absolute atomic E-state index is 12.5. The molecule has 0 radical (unpaired) electrons. The molecule has 0 bridgehead atoms. The minimum absolute atomic E-state index is 0.0608. The molecule has 2 aromatic carbocycles. The van der Waals surface area contributed by atoms with Gasteiger partial charge < -0.3 is 14.8 Å². The van der Waals surface area contributed by atoms with Crippen molar-refractivity contribution in [3.8, 4) is 5.75 Å². The van der Waals surface area contributed by atoms with Crippen LogP contribution >= 0.6 is 0 Å². The summed E-state index contributed by atoms with van der Waals surface area (Å²) in [5.41, 5.74) is 2.19. The monoisotopic (exact) mass is 382 g/mol. The van der Waals surface area contributed by atoms with Gasteiger partial charge in [0.2, 0.25) is 0 Å². The Morgan fingerprint density at radius 2 is 1.75 bits per heavy atom. The van der Waals surface area contributed by atoms with Gasteiger partial charge in [0.05, 0.1) is 7.11 Å². The Labute approximate surface area is 167 Å². The van der Waals surface area contributed by atoms with Gasteiger partial charge in [-0.25, -0.2) is 0 Å². The first-order valence-corrected chi connectivity index (χ1v) is 9.90. The van der Waals surface area contributed by atoms with E-state index in [9.17, 15) is 4.79 Å². The molecule has 0 aliphatic carbocycles. The fourth-order valence-corrected chi connectivity index (χ4v) is 3.70. The van der Waals surface area contributed by atoms with Gasteiger partial charge in [0.25, 0.3) is 5.91 Å². The number of nitrogens with one attached hydrogen (secondary N) is 1. The van der Waals surface area contributed by atoms with Crippen molar-refractivity contribution < 1.29 is 14.3 Å². The van der Waals surface area contributed by atoms with Gasteiger partial charge >= 0.3 is 0 Å². The van der Waals surface area contributed by atoms with Gasteiger partial charge in [0, 0.05) is 20.2 Å². The third-order valence-corrected chi connectivity index (χ3v) is 5.41. The molecule has 1 heterocycles. The SMILES string of the molecule is COc1ccc(CN2CCC(CNC(=O)C(OC)c3ccccc3)CC2)cc1. The number of carbonyl (C=O) groups excluding carboxylic acids is 1. The first-order chi connectivity index (χ1) is 13.7. The van der Waals surface area contributed by atoms with Crippen LogP contribution in [0.25, 0.3) is 0 Å². The fourth-order valence-electron chi connectivity index (χ4n) is 3.70. The second-order valence-electron chi connectivity index (χ2n) is 7.34. The number of piperidine rings is 1. The van der Waals surface area contributed by atoms with Crippen molar-refractivity contribution in [2.75, 3.05) is 33.9 Å². The van der Waals surface area contributed by atoms with Crippen molar-refractivity contribution in [2.24, 2.45) is 5.92 Å². The topological polar surface area (TPSA) is 50.8 Å². The van der Waals surface area contributed by atoms with E-state index in [1.54, 1.807) is 14.2 Å². The normalized spacial score (nSPS) is 16.5. The first-order valence-electron chi connectivity index (χ1n) is 9.90. The summed E-state index contributed by atoms with van der Waals surface area (Å²) < 4.78 is 10.6. The predicted octanol–water partition coefficient (Wildman–Crippen LogP) is 3.41. The lowest BCUT2D eigenvalue weighted by atomic mass is 9.96. The minimum Gasteiger partial charge on any atom is -0.497 e. The highest BCUT2D eigenvalue weighted by Crippen LogP contribution is 2.21. The molecule has 1 fully saturated rings. The summed E-state index contributed by atoms with van der Waals surface area (Å²) >= 11 is 0. The van der Waals surface area contributed by atoms with Gasteiger partial charge in [-0.1, -0.05) is 42.5 Å². The molecule has 1 atom stereocenters. The standard InChI is InChI=1S/C23H30N2O3/c1-27-21-10-8-19(9-11-21)17-25-14-12-18(13-15-25)16-24-23(26)22(28-2)20-6-4-3-5-7-20/h3-11,18,22H,12-17H2,1-2H3,(H,24,26). The van der Waals surface area contributed by atoms with Gasteiger partial charge in [-0.3, -0.25) is 9.69 Å². The quantitative estimate of drug-likeness (QED) is 0.760. The second kappa shape index (κ2) is 10.2. The van der Waals surface area contributed by atoms with Crippen molar-refractivity contribution in [1.29, 1.82) is 0 Å². The molecule has 3 rings (SSSR count). The molecule has 150 valence electrons. The van der Waals surface area contributed by atoms with E-state index in [0.717, 1.165) is 43.8 Å². The highest BCUT2D eigenvalue weighted by atomic mass is 16.5. The summed E-state index contributed by atoms with van der Waals surface area (Å²) in [6.45, 7) is 3.78. The number of hydrogen-bond acceptors (Lipinski definition) is 4. The van der Waals surface area contributed by atoms with E-state index in [2.05, 4.69) is 22.3 Å². The predicted molar refractivity (Wildman–Crippen MR) is 110 cm³/mol. The Balaban J connectivity index is 1.42. The van der Waals surface area contributed by atoms with E-state index in [1.807, 2.05) is 42.5 Å². The molecule has 1 aliphatic heterocycles. The number of likely N-dealkylation sites (tertiary alicyclic amines) is 1. The van der Waals surface area contributed by atoms with Crippen molar-refractivity contribution in [3.05, 3.63) is 65.7 Å². The molecule has 1 amide bonds. The number of amides is 1. The Morgan fingerprint density at radius 3 is 2.36 bits per heavy atom. The van der Waals surface area contributed by atoms with Crippen molar-refractivity contribution in [1.82, 2.24) is 10.2 Å². The van der Waals surface area contributed by atoms with E-state index >= 15 is 0 Å². The highest BCUT2D eigenvalue weighted by molar-refractivity contribution is 5.82. The Hall–Kier alpha value is -2.37. The summed E-state index contributed by atoms with van der Waals surface area (Å²) in [4.78, 5) is 15.0. The van der Waals surface area contributed by atoms with Gasteiger partial charge in [0.1, 0.15) is 5.75 Å². The molecule has 28 heavy (non-hydrogen) atoms. The van der Waals surface area contributed by atoms with Gasteiger partial charge in [0.15, 0.2) is 6.10 Å². The van der Waals surface area contributed by atoms with Crippen LogP contribution in [0.3, 0.4) is 0 Å². The van der Waals surface area contributed by atoms with Crippen molar-refractivity contribution >= 4 is 5.91 Å². The van der Waals surface area contributed by atoms with Crippen molar-refractivity contribution in [3.63, 3.8) is 0 Å². The molecular weight excluding hydrogens is 352 g/mol. The van der Waals surface area contributed by atoms with Crippen LogP contribution in [0, 0.1) is 5.92 Å². The van der Waals surface area contributed by atoms with E-state index in [-0.39, 0.29) is 5.91 Å². The lowest BCUT2D eigenvalue weighted by Gasteiger charge is -2.32. The third kappa shape index (κ3) is 5.57. The molecule has 1 aliphatic rings. The molecule has 0 spiro atoms. The average molecular weight is 383 g/mol. The molecular formula is C23H30N2O3. The number of methoxy groups -OCH3 is 2. The summed E-state index contributed by atoms with van der Waals surface area (Å²) in [6.07, 6.45) is 1.65. The molecule has 1 N–H and O–H groups in total. The molecule has 2 aromatic rings. The number of benzene rings is 2.